The molecule has 3 rings (SSSR count). The molecule has 1 aromatic heterocycles. The van der Waals surface area contributed by atoms with Crippen molar-refractivity contribution in [3.05, 3.63) is 59.9 Å². The lowest BCUT2D eigenvalue weighted by Gasteiger charge is -2.22. The summed E-state index contributed by atoms with van der Waals surface area (Å²) in [4.78, 5) is 16.9. The third-order valence-corrected chi connectivity index (χ3v) is 6.70. The number of amides is 1. The van der Waals surface area contributed by atoms with Crippen molar-refractivity contribution in [2.75, 3.05) is 39.2 Å². The summed E-state index contributed by atoms with van der Waals surface area (Å²) >= 11 is 6.00. The highest BCUT2D eigenvalue weighted by Gasteiger charge is 2.28. The molecule has 0 aliphatic rings. The molecule has 3 aromatic rings. The van der Waals surface area contributed by atoms with Crippen molar-refractivity contribution in [3.8, 4) is 5.75 Å². The Bertz CT molecular complexity index is 1180. The summed E-state index contributed by atoms with van der Waals surface area (Å²) in [6, 6.07) is 11.3. The quantitative estimate of drug-likeness (QED) is 0.523. The van der Waals surface area contributed by atoms with E-state index >= 15 is 0 Å². The van der Waals surface area contributed by atoms with E-state index in [1.807, 2.05) is 0 Å². The number of hydrogen-bond donors (Lipinski definition) is 1. The number of fused-ring (bicyclic) bond motifs is 1. The predicted molar refractivity (Wildman–Crippen MR) is 119 cm³/mol. The molecule has 2 aromatic carbocycles. The molecule has 0 spiro atoms. The van der Waals surface area contributed by atoms with Crippen molar-refractivity contribution in [1.82, 2.24) is 9.29 Å². The van der Waals surface area contributed by atoms with Crippen molar-refractivity contribution >= 4 is 44.0 Å². The highest BCUT2D eigenvalue weighted by Crippen LogP contribution is 2.28. The lowest BCUT2D eigenvalue weighted by atomic mass is 10.2. The summed E-state index contributed by atoms with van der Waals surface area (Å²) in [6.07, 6.45) is 3.12. The van der Waals surface area contributed by atoms with Gasteiger partial charge >= 0.3 is 0 Å². The Balaban J connectivity index is 1.91. The number of methoxy groups -OCH3 is 2. The molecular formula is C21H22ClN3O5S. The van der Waals surface area contributed by atoms with Gasteiger partial charge in [0.05, 0.1) is 30.8 Å². The number of carbonyl (C=O) groups is 1. The number of benzene rings is 2. The van der Waals surface area contributed by atoms with E-state index in [9.17, 15) is 13.2 Å². The first kappa shape index (κ1) is 23.0. The maximum atomic E-state index is 13.4. The van der Waals surface area contributed by atoms with E-state index in [1.54, 1.807) is 36.5 Å². The fourth-order valence-electron chi connectivity index (χ4n) is 3.06. The SMILES string of the molecule is COCCN(CC(=O)Nc1cc(Cl)ccc1OC)S(=O)(=O)c1cccc2cnccc12. The number of ether oxygens (including phenoxy) is 2. The van der Waals surface area contributed by atoms with Gasteiger partial charge in [-0.15, -0.1) is 0 Å². The standard InChI is InChI=1S/C21H22ClN3O5S/c1-29-11-10-25(14-21(26)24-18-12-16(22)6-7-19(18)30-2)31(27,28)20-5-3-4-15-13-23-9-8-17(15)20/h3-9,12-13H,10-11,14H2,1-2H3,(H,24,26). The number of nitrogens with one attached hydrogen (secondary N) is 1. The van der Waals surface area contributed by atoms with E-state index in [-0.39, 0.29) is 18.0 Å². The Kier molecular flexibility index (Phi) is 7.45. The lowest BCUT2D eigenvalue weighted by Crippen LogP contribution is -2.40. The van der Waals surface area contributed by atoms with Crippen molar-refractivity contribution < 1.29 is 22.7 Å². The van der Waals surface area contributed by atoms with Crippen molar-refractivity contribution in [2.45, 2.75) is 4.90 Å². The Morgan fingerprint density at radius 2 is 2.00 bits per heavy atom. The predicted octanol–water partition coefficient (Wildman–Crippen LogP) is 3.17. The van der Waals surface area contributed by atoms with Gasteiger partial charge in [0.2, 0.25) is 15.9 Å². The molecule has 31 heavy (non-hydrogen) atoms. The molecule has 10 heteroatoms. The first-order valence-electron chi connectivity index (χ1n) is 9.32. The maximum Gasteiger partial charge on any atom is 0.244 e. The summed E-state index contributed by atoms with van der Waals surface area (Å²) in [5.74, 6) is -0.132. The van der Waals surface area contributed by atoms with Crippen LogP contribution in [0, 0.1) is 0 Å². The number of rotatable bonds is 9. The molecular weight excluding hydrogens is 442 g/mol. The van der Waals surface area contributed by atoms with Gasteiger partial charge in [-0.25, -0.2) is 8.42 Å². The molecule has 0 atom stereocenters. The highest BCUT2D eigenvalue weighted by molar-refractivity contribution is 7.89. The van der Waals surface area contributed by atoms with Crippen LogP contribution in [0.25, 0.3) is 10.8 Å². The minimum absolute atomic E-state index is 0.000402. The minimum Gasteiger partial charge on any atom is -0.495 e. The molecule has 1 heterocycles. The molecule has 1 amide bonds. The Labute approximate surface area is 185 Å². The Morgan fingerprint density at radius 1 is 1.19 bits per heavy atom. The smallest absolute Gasteiger partial charge is 0.244 e. The van der Waals surface area contributed by atoms with Gasteiger partial charge in [0.15, 0.2) is 0 Å². The highest BCUT2D eigenvalue weighted by atomic mass is 35.5. The van der Waals surface area contributed by atoms with Crippen molar-refractivity contribution in [2.24, 2.45) is 0 Å². The van der Waals surface area contributed by atoms with Crippen LogP contribution in [0.1, 0.15) is 0 Å². The average Bonchev–Trinajstić information content (AvgIpc) is 2.76. The second-order valence-electron chi connectivity index (χ2n) is 6.58. The third-order valence-electron chi connectivity index (χ3n) is 4.56. The van der Waals surface area contributed by atoms with E-state index in [2.05, 4.69) is 10.3 Å². The molecule has 0 bridgehead atoms. The van der Waals surface area contributed by atoms with E-state index < -0.39 is 22.5 Å². The molecule has 1 N–H and O–H groups in total. The first-order chi connectivity index (χ1) is 14.9. The van der Waals surface area contributed by atoms with Crippen LogP contribution in [0.2, 0.25) is 5.02 Å². The number of halogens is 1. The Morgan fingerprint density at radius 3 is 2.74 bits per heavy atom. The number of pyridine rings is 1. The zero-order valence-electron chi connectivity index (χ0n) is 17.0. The van der Waals surface area contributed by atoms with Crippen LogP contribution in [0.3, 0.4) is 0 Å². The monoisotopic (exact) mass is 463 g/mol. The number of sulfonamides is 1. The second-order valence-corrected chi connectivity index (χ2v) is 8.92. The van der Waals surface area contributed by atoms with Gasteiger partial charge in [-0.2, -0.15) is 4.31 Å². The molecule has 0 saturated heterocycles. The van der Waals surface area contributed by atoms with Gasteiger partial charge in [-0.3, -0.25) is 9.78 Å². The van der Waals surface area contributed by atoms with Gasteiger partial charge < -0.3 is 14.8 Å². The average molecular weight is 464 g/mol. The summed E-state index contributed by atoms with van der Waals surface area (Å²) in [6.45, 7) is -0.289. The second kappa shape index (κ2) is 10.1. The van der Waals surface area contributed by atoms with Crippen LogP contribution < -0.4 is 10.1 Å². The number of hydrogen-bond acceptors (Lipinski definition) is 6. The molecule has 8 nitrogen and oxygen atoms in total. The van der Waals surface area contributed by atoms with Gasteiger partial charge in [0, 0.05) is 41.8 Å². The summed E-state index contributed by atoms with van der Waals surface area (Å²) in [7, 11) is -1.08. The van der Waals surface area contributed by atoms with E-state index in [4.69, 9.17) is 21.1 Å². The minimum atomic E-state index is -4.00. The summed E-state index contributed by atoms with van der Waals surface area (Å²) < 4.78 is 38.2. The summed E-state index contributed by atoms with van der Waals surface area (Å²) in [5.41, 5.74) is 0.348. The maximum absolute atomic E-state index is 13.4. The normalized spacial score (nSPS) is 11.6. The van der Waals surface area contributed by atoms with Crippen molar-refractivity contribution in [1.29, 1.82) is 0 Å². The van der Waals surface area contributed by atoms with Crippen LogP contribution in [0.5, 0.6) is 5.75 Å². The number of anilines is 1. The molecule has 0 unspecified atom stereocenters. The van der Waals surface area contributed by atoms with Gasteiger partial charge in [0.25, 0.3) is 0 Å². The molecule has 0 aliphatic heterocycles. The van der Waals surface area contributed by atoms with E-state index in [1.165, 1.54) is 32.5 Å². The van der Waals surface area contributed by atoms with Gasteiger partial charge in [-0.1, -0.05) is 23.7 Å². The summed E-state index contributed by atoms with van der Waals surface area (Å²) in [5, 5.41) is 4.28. The zero-order valence-corrected chi connectivity index (χ0v) is 18.6. The lowest BCUT2D eigenvalue weighted by molar-refractivity contribution is -0.116. The van der Waals surface area contributed by atoms with Gasteiger partial charge in [-0.05, 0) is 30.3 Å². The third kappa shape index (κ3) is 5.31. The van der Waals surface area contributed by atoms with E-state index in [0.717, 1.165) is 4.31 Å². The molecule has 0 fully saturated rings. The number of carbonyl (C=O) groups excluding carboxylic acids is 1. The zero-order chi connectivity index (χ0) is 22.4. The largest absolute Gasteiger partial charge is 0.495 e. The molecule has 0 saturated carbocycles. The molecule has 0 aliphatic carbocycles. The topological polar surface area (TPSA) is 97.8 Å². The molecule has 164 valence electrons. The van der Waals surface area contributed by atoms with Crippen LogP contribution in [-0.2, 0) is 19.6 Å². The van der Waals surface area contributed by atoms with Crippen LogP contribution >= 0.6 is 11.6 Å². The fourth-order valence-corrected chi connectivity index (χ4v) is 4.83. The van der Waals surface area contributed by atoms with Crippen LogP contribution in [0.15, 0.2) is 59.8 Å². The van der Waals surface area contributed by atoms with Crippen LogP contribution in [0.4, 0.5) is 5.69 Å². The van der Waals surface area contributed by atoms with E-state index in [0.29, 0.717) is 27.2 Å². The number of aromatic nitrogens is 1. The fraction of sp³-hybridized carbons (Fsp3) is 0.238. The first-order valence-corrected chi connectivity index (χ1v) is 11.1. The van der Waals surface area contributed by atoms with Crippen LogP contribution in [-0.4, -0.2) is 57.5 Å². The van der Waals surface area contributed by atoms with Gasteiger partial charge in [0.1, 0.15) is 5.75 Å². The molecule has 0 radical (unpaired) electrons. The number of nitrogens with zero attached hydrogens (tertiary/aromatic N) is 2. The van der Waals surface area contributed by atoms with Crippen molar-refractivity contribution in [3.63, 3.8) is 0 Å². The Hall–Kier alpha value is -2.72.